The van der Waals surface area contributed by atoms with Crippen molar-refractivity contribution in [3.8, 4) is 0 Å². The summed E-state index contributed by atoms with van der Waals surface area (Å²) in [6, 6.07) is 3.14. The fraction of sp³-hybridized carbons (Fsp3) is 0.667. The van der Waals surface area contributed by atoms with E-state index in [-0.39, 0.29) is 0 Å². The third kappa shape index (κ3) is 3.89. The Balaban J connectivity index is 1.78. The Bertz CT molecular complexity index is 269. The second-order valence-corrected chi connectivity index (χ2v) is 5.80. The molecule has 3 heteroatoms. The van der Waals surface area contributed by atoms with E-state index >= 15 is 0 Å². The lowest BCUT2D eigenvalue weighted by atomic mass is 10.2. The summed E-state index contributed by atoms with van der Waals surface area (Å²) in [5.41, 5.74) is 1.49. The molecule has 1 aliphatic carbocycles. The molecular formula is C12H18BrNS. The zero-order valence-corrected chi connectivity index (χ0v) is 11.4. The second kappa shape index (κ2) is 6.02. The molecule has 0 N–H and O–H groups in total. The van der Waals surface area contributed by atoms with Gasteiger partial charge in [0.25, 0.3) is 0 Å². The van der Waals surface area contributed by atoms with Gasteiger partial charge >= 0.3 is 0 Å². The van der Waals surface area contributed by atoms with E-state index in [1.54, 1.807) is 0 Å². The van der Waals surface area contributed by atoms with Gasteiger partial charge in [0, 0.05) is 17.9 Å². The van der Waals surface area contributed by atoms with Crippen LogP contribution in [0.3, 0.4) is 0 Å². The Hall–Kier alpha value is 0.140. The van der Waals surface area contributed by atoms with Gasteiger partial charge in [-0.05, 0) is 54.6 Å². The summed E-state index contributed by atoms with van der Waals surface area (Å²) in [5, 5.41) is 5.60. The van der Waals surface area contributed by atoms with E-state index in [9.17, 15) is 0 Å². The molecule has 0 unspecified atom stereocenters. The molecule has 1 saturated carbocycles. The number of hydrogen-bond acceptors (Lipinski definition) is 2. The molecule has 0 radical (unpaired) electrons. The first-order valence-corrected chi connectivity index (χ1v) is 7.77. The van der Waals surface area contributed by atoms with Crippen molar-refractivity contribution in [1.29, 1.82) is 0 Å². The molecule has 1 aliphatic rings. The maximum atomic E-state index is 3.50. The highest BCUT2D eigenvalue weighted by molar-refractivity contribution is 9.09. The minimum absolute atomic E-state index is 0.889. The van der Waals surface area contributed by atoms with Crippen LogP contribution in [0.15, 0.2) is 16.8 Å². The Morgan fingerprint density at radius 3 is 2.87 bits per heavy atom. The predicted octanol–water partition coefficient (Wildman–Crippen LogP) is 3.89. The second-order valence-electron chi connectivity index (χ2n) is 4.23. The Kier molecular flexibility index (Phi) is 4.66. The molecule has 0 aliphatic heterocycles. The first-order valence-electron chi connectivity index (χ1n) is 5.71. The first kappa shape index (κ1) is 11.6. The van der Waals surface area contributed by atoms with E-state index in [1.807, 2.05) is 11.3 Å². The van der Waals surface area contributed by atoms with Crippen LogP contribution in [0.1, 0.15) is 31.2 Å². The molecule has 1 aromatic rings. The van der Waals surface area contributed by atoms with Crippen LogP contribution in [0, 0.1) is 0 Å². The third-order valence-electron chi connectivity index (χ3n) is 2.86. The third-order valence-corrected chi connectivity index (χ3v) is 4.15. The van der Waals surface area contributed by atoms with E-state index in [2.05, 4.69) is 37.7 Å². The summed E-state index contributed by atoms with van der Waals surface area (Å²) in [7, 11) is 0. The Labute approximate surface area is 105 Å². The van der Waals surface area contributed by atoms with Crippen molar-refractivity contribution in [2.75, 3.05) is 11.9 Å². The van der Waals surface area contributed by atoms with Crippen LogP contribution in [0.4, 0.5) is 0 Å². The van der Waals surface area contributed by atoms with E-state index in [1.165, 1.54) is 37.8 Å². The molecule has 1 nitrogen and oxygen atoms in total. The van der Waals surface area contributed by atoms with E-state index in [0.717, 1.165) is 17.9 Å². The van der Waals surface area contributed by atoms with Crippen LogP contribution < -0.4 is 0 Å². The number of halogens is 1. The monoisotopic (exact) mass is 287 g/mol. The minimum Gasteiger partial charge on any atom is -0.296 e. The number of hydrogen-bond donors (Lipinski definition) is 0. The van der Waals surface area contributed by atoms with Crippen LogP contribution in [0.25, 0.3) is 0 Å². The maximum Gasteiger partial charge on any atom is 0.0244 e. The van der Waals surface area contributed by atoms with Crippen LogP contribution >= 0.6 is 27.3 Å². The highest BCUT2D eigenvalue weighted by Crippen LogP contribution is 2.28. The maximum absolute atomic E-state index is 3.50. The standard InChI is InChI=1S/C12H18BrNS/c13-6-1-2-7-14(12-3-4-12)9-11-5-8-15-10-11/h5,8,10,12H,1-4,6-7,9H2. The van der Waals surface area contributed by atoms with Crippen molar-refractivity contribution >= 4 is 27.3 Å². The smallest absolute Gasteiger partial charge is 0.0244 e. The summed E-state index contributed by atoms with van der Waals surface area (Å²) in [4.78, 5) is 2.66. The SMILES string of the molecule is BrCCCCN(Cc1ccsc1)C1CC1. The molecule has 0 spiro atoms. The lowest BCUT2D eigenvalue weighted by Crippen LogP contribution is -2.26. The molecule has 0 saturated heterocycles. The van der Waals surface area contributed by atoms with Crippen molar-refractivity contribution in [1.82, 2.24) is 4.90 Å². The molecule has 1 aromatic heterocycles. The normalized spacial score (nSPS) is 16.1. The number of alkyl halides is 1. The van der Waals surface area contributed by atoms with Gasteiger partial charge in [-0.2, -0.15) is 11.3 Å². The van der Waals surface area contributed by atoms with Crippen LogP contribution in [0.2, 0.25) is 0 Å². The van der Waals surface area contributed by atoms with Gasteiger partial charge in [0.2, 0.25) is 0 Å². The van der Waals surface area contributed by atoms with Gasteiger partial charge < -0.3 is 0 Å². The highest BCUT2D eigenvalue weighted by atomic mass is 79.9. The van der Waals surface area contributed by atoms with Crippen LogP contribution in [-0.2, 0) is 6.54 Å². The predicted molar refractivity (Wildman–Crippen MR) is 70.8 cm³/mol. The minimum atomic E-state index is 0.889. The molecule has 0 amide bonds. The van der Waals surface area contributed by atoms with Gasteiger partial charge in [-0.1, -0.05) is 15.9 Å². The topological polar surface area (TPSA) is 3.24 Å². The zero-order valence-electron chi connectivity index (χ0n) is 8.99. The van der Waals surface area contributed by atoms with Crippen molar-refractivity contribution in [3.05, 3.63) is 22.4 Å². The van der Waals surface area contributed by atoms with Crippen LogP contribution in [-0.4, -0.2) is 22.8 Å². The summed E-state index contributed by atoms with van der Waals surface area (Å²) < 4.78 is 0. The average Bonchev–Trinajstić information content (AvgIpc) is 2.97. The fourth-order valence-corrected chi connectivity index (χ4v) is 2.91. The summed E-state index contributed by atoms with van der Waals surface area (Å²) in [6.07, 6.45) is 5.45. The molecular weight excluding hydrogens is 270 g/mol. The van der Waals surface area contributed by atoms with Gasteiger partial charge in [-0.25, -0.2) is 0 Å². The largest absolute Gasteiger partial charge is 0.296 e. The number of rotatable bonds is 7. The Morgan fingerprint density at radius 2 is 2.27 bits per heavy atom. The van der Waals surface area contributed by atoms with Crippen LogP contribution in [0.5, 0.6) is 0 Å². The van der Waals surface area contributed by atoms with Gasteiger partial charge in [-0.15, -0.1) is 0 Å². The van der Waals surface area contributed by atoms with E-state index in [4.69, 9.17) is 0 Å². The summed E-state index contributed by atoms with van der Waals surface area (Å²) in [6.45, 7) is 2.43. The molecule has 1 heterocycles. The summed E-state index contributed by atoms with van der Waals surface area (Å²) in [5.74, 6) is 0. The van der Waals surface area contributed by atoms with Gasteiger partial charge in [0.05, 0.1) is 0 Å². The van der Waals surface area contributed by atoms with Gasteiger partial charge in [0.15, 0.2) is 0 Å². The van der Waals surface area contributed by atoms with Crippen molar-refractivity contribution in [2.24, 2.45) is 0 Å². The lowest BCUT2D eigenvalue weighted by molar-refractivity contribution is 0.251. The van der Waals surface area contributed by atoms with Gasteiger partial charge in [0.1, 0.15) is 0 Å². The van der Waals surface area contributed by atoms with Gasteiger partial charge in [-0.3, -0.25) is 4.90 Å². The number of thiophene rings is 1. The highest BCUT2D eigenvalue weighted by Gasteiger charge is 2.28. The number of unbranched alkanes of at least 4 members (excludes halogenated alkanes) is 1. The average molecular weight is 288 g/mol. The number of nitrogens with zero attached hydrogens (tertiary/aromatic N) is 1. The summed E-state index contributed by atoms with van der Waals surface area (Å²) >= 11 is 5.30. The van der Waals surface area contributed by atoms with E-state index in [0.29, 0.717) is 0 Å². The fourth-order valence-electron chi connectivity index (χ4n) is 1.86. The molecule has 84 valence electrons. The van der Waals surface area contributed by atoms with E-state index < -0.39 is 0 Å². The molecule has 0 aromatic carbocycles. The zero-order chi connectivity index (χ0) is 10.5. The van der Waals surface area contributed by atoms with Crippen molar-refractivity contribution in [2.45, 2.75) is 38.3 Å². The Morgan fingerprint density at radius 1 is 1.40 bits per heavy atom. The molecule has 0 atom stereocenters. The molecule has 0 bridgehead atoms. The van der Waals surface area contributed by atoms with Crippen molar-refractivity contribution < 1.29 is 0 Å². The van der Waals surface area contributed by atoms with Crippen molar-refractivity contribution in [3.63, 3.8) is 0 Å². The first-order chi connectivity index (χ1) is 7.40. The molecule has 15 heavy (non-hydrogen) atoms. The molecule has 1 fully saturated rings. The lowest BCUT2D eigenvalue weighted by Gasteiger charge is -2.21. The quantitative estimate of drug-likeness (QED) is 0.543. The molecule has 2 rings (SSSR count).